The van der Waals surface area contributed by atoms with Gasteiger partial charge in [0.1, 0.15) is 6.26 Å². The first-order valence-corrected chi connectivity index (χ1v) is 2.81. The molecule has 50 valence electrons. The van der Waals surface area contributed by atoms with Gasteiger partial charge in [0.2, 0.25) is 0 Å². The Labute approximate surface area is 53.7 Å². The van der Waals surface area contributed by atoms with E-state index < -0.39 is 0 Å². The lowest BCUT2D eigenvalue weighted by Crippen LogP contribution is -1.93. The molecule has 0 aromatic carbocycles. The van der Waals surface area contributed by atoms with Crippen molar-refractivity contribution in [3.05, 3.63) is 18.4 Å². The summed E-state index contributed by atoms with van der Waals surface area (Å²) in [4.78, 5) is 3.91. The molecule has 0 aliphatic carbocycles. The van der Waals surface area contributed by atoms with Gasteiger partial charge in [-0.3, -0.25) is 0 Å². The molecule has 0 saturated heterocycles. The Morgan fingerprint density at radius 1 is 1.78 bits per heavy atom. The standard InChI is InChI=1S/C6H9NO2/c1-8-4-2-6-7-3-5-9-6/h3,5H,2,4H2,1H3. The van der Waals surface area contributed by atoms with Crippen molar-refractivity contribution in [3.63, 3.8) is 0 Å². The highest BCUT2D eigenvalue weighted by molar-refractivity contribution is 4.78. The minimum absolute atomic E-state index is 0.667. The zero-order chi connectivity index (χ0) is 6.53. The third kappa shape index (κ3) is 1.85. The van der Waals surface area contributed by atoms with Gasteiger partial charge in [-0.05, 0) is 0 Å². The summed E-state index contributed by atoms with van der Waals surface area (Å²) in [5.41, 5.74) is 0. The van der Waals surface area contributed by atoms with Gasteiger partial charge in [0.15, 0.2) is 5.89 Å². The lowest BCUT2D eigenvalue weighted by atomic mass is 10.5. The van der Waals surface area contributed by atoms with Crippen LogP contribution in [0.2, 0.25) is 0 Å². The van der Waals surface area contributed by atoms with E-state index in [9.17, 15) is 0 Å². The van der Waals surface area contributed by atoms with Crippen molar-refractivity contribution in [3.8, 4) is 0 Å². The van der Waals surface area contributed by atoms with Crippen LogP contribution in [0.5, 0.6) is 0 Å². The highest BCUT2D eigenvalue weighted by atomic mass is 16.5. The summed E-state index contributed by atoms with van der Waals surface area (Å²) in [6, 6.07) is 0. The molecule has 3 nitrogen and oxygen atoms in total. The number of rotatable bonds is 3. The molecular weight excluding hydrogens is 118 g/mol. The fourth-order valence-electron chi connectivity index (χ4n) is 0.566. The number of aromatic nitrogens is 1. The monoisotopic (exact) mass is 127 g/mol. The zero-order valence-electron chi connectivity index (χ0n) is 5.33. The van der Waals surface area contributed by atoms with Crippen molar-refractivity contribution in [1.29, 1.82) is 0 Å². The molecule has 9 heavy (non-hydrogen) atoms. The van der Waals surface area contributed by atoms with Crippen molar-refractivity contribution < 1.29 is 9.15 Å². The first-order valence-electron chi connectivity index (χ1n) is 2.81. The van der Waals surface area contributed by atoms with E-state index in [2.05, 4.69) is 4.98 Å². The van der Waals surface area contributed by atoms with E-state index in [0.29, 0.717) is 6.61 Å². The van der Waals surface area contributed by atoms with Gasteiger partial charge < -0.3 is 9.15 Å². The number of hydrogen-bond acceptors (Lipinski definition) is 3. The third-order valence-corrected chi connectivity index (χ3v) is 1.00. The van der Waals surface area contributed by atoms with Crippen molar-refractivity contribution in [2.24, 2.45) is 0 Å². The highest BCUT2D eigenvalue weighted by Crippen LogP contribution is 1.94. The predicted molar refractivity (Wildman–Crippen MR) is 32.1 cm³/mol. The minimum Gasteiger partial charge on any atom is -0.449 e. The van der Waals surface area contributed by atoms with E-state index in [1.165, 1.54) is 0 Å². The van der Waals surface area contributed by atoms with Crippen LogP contribution in [0.25, 0.3) is 0 Å². The van der Waals surface area contributed by atoms with Crippen LogP contribution >= 0.6 is 0 Å². The molecule has 1 rings (SSSR count). The summed E-state index contributed by atoms with van der Waals surface area (Å²) in [5.74, 6) is 0.733. The summed E-state index contributed by atoms with van der Waals surface area (Å²) in [6.45, 7) is 0.667. The summed E-state index contributed by atoms with van der Waals surface area (Å²) in [7, 11) is 1.66. The van der Waals surface area contributed by atoms with Crippen LogP contribution < -0.4 is 0 Å². The van der Waals surface area contributed by atoms with Crippen molar-refractivity contribution in [2.45, 2.75) is 6.42 Å². The smallest absolute Gasteiger partial charge is 0.196 e. The summed E-state index contributed by atoms with van der Waals surface area (Å²) in [5, 5.41) is 0. The molecule has 0 unspecified atom stereocenters. The van der Waals surface area contributed by atoms with Gasteiger partial charge in [-0.1, -0.05) is 0 Å². The Morgan fingerprint density at radius 2 is 2.67 bits per heavy atom. The second kappa shape index (κ2) is 3.25. The Bertz CT molecular complexity index is 148. The maximum Gasteiger partial charge on any atom is 0.196 e. The van der Waals surface area contributed by atoms with Crippen molar-refractivity contribution >= 4 is 0 Å². The van der Waals surface area contributed by atoms with Crippen LogP contribution in [0.3, 0.4) is 0 Å². The molecule has 0 aliphatic rings. The van der Waals surface area contributed by atoms with Crippen LogP contribution in [0, 0.1) is 0 Å². The number of methoxy groups -OCH3 is 1. The SMILES string of the molecule is COCCc1ncco1. The molecule has 0 atom stereocenters. The Hall–Kier alpha value is -0.830. The Kier molecular flexibility index (Phi) is 2.27. The van der Waals surface area contributed by atoms with Gasteiger partial charge in [-0.2, -0.15) is 0 Å². The first-order chi connectivity index (χ1) is 4.43. The van der Waals surface area contributed by atoms with Gasteiger partial charge in [-0.15, -0.1) is 0 Å². The zero-order valence-corrected chi connectivity index (χ0v) is 5.33. The Balaban J connectivity index is 2.30. The van der Waals surface area contributed by atoms with E-state index in [-0.39, 0.29) is 0 Å². The summed E-state index contributed by atoms with van der Waals surface area (Å²) in [6.07, 6.45) is 3.94. The van der Waals surface area contributed by atoms with Gasteiger partial charge >= 0.3 is 0 Å². The van der Waals surface area contributed by atoms with Crippen LogP contribution in [-0.4, -0.2) is 18.7 Å². The molecule has 3 heteroatoms. The maximum atomic E-state index is 4.94. The quantitative estimate of drug-likeness (QED) is 0.604. The van der Waals surface area contributed by atoms with Gasteiger partial charge in [0.05, 0.1) is 12.8 Å². The molecule has 0 fully saturated rings. The average molecular weight is 127 g/mol. The van der Waals surface area contributed by atoms with Crippen molar-refractivity contribution in [2.75, 3.05) is 13.7 Å². The van der Waals surface area contributed by atoms with Gasteiger partial charge in [0.25, 0.3) is 0 Å². The molecule has 0 saturated carbocycles. The van der Waals surface area contributed by atoms with Crippen LogP contribution in [0.1, 0.15) is 5.89 Å². The van der Waals surface area contributed by atoms with Gasteiger partial charge in [0, 0.05) is 13.5 Å². The molecule has 0 amide bonds. The molecule has 1 aromatic heterocycles. The van der Waals surface area contributed by atoms with Crippen molar-refractivity contribution in [1.82, 2.24) is 4.98 Å². The minimum atomic E-state index is 0.667. The summed E-state index contributed by atoms with van der Waals surface area (Å²) >= 11 is 0. The maximum absolute atomic E-state index is 4.94. The fraction of sp³-hybridized carbons (Fsp3) is 0.500. The average Bonchev–Trinajstić information content (AvgIpc) is 2.34. The number of ether oxygens (including phenoxy) is 1. The number of oxazole rings is 1. The summed E-state index contributed by atoms with van der Waals surface area (Å²) < 4.78 is 9.76. The molecule has 1 heterocycles. The first kappa shape index (κ1) is 6.29. The molecular formula is C6H9NO2. The van der Waals surface area contributed by atoms with E-state index in [0.717, 1.165) is 12.3 Å². The molecule has 1 aromatic rings. The van der Waals surface area contributed by atoms with Crippen LogP contribution in [-0.2, 0) is 11.2 Å². The number of hydrogen-bond donors (Lipinski definition) is 0. The normalized spacial score (nSPS) is 9.89. The highest BCUT2D eigenvalue weighted by Gasteiger charge is 1.93. The molecule has 0 radical (unpaired) electrons. The number of nitrogens with zero attached hydrogens (tertiary/aromatic N) is 1. The second-order valence-electron chi connectivity index (χ2n) is 1.67. The van der Waals surface area contributed by atoms with E-state index in [1.54, 1.807) is 19.6 Å². The molecule has 0 spiro atoms. The lowest BCUT2D eigenvalue weighted by molar-refractivity contribution is 0.195. The van der Waals surface area contributed by atoms with Crippen LogP contribution in [0.15, 0.2) is 16.9 Å². The predicted octanol–water partition coefficient (Wildman–Crippen LogP) is 0.864. The van der Waals surface area contributed by atoms with E-state index in [4.69, 9.17) is 9.15 Å². The molecule has 0 aliphatic heterocycles. The third-order valence-electron chi connectivity index (χ3n) is 1.00. The van der Waals surface area contributed by atoms with Crippen LogP contribution in [0.4, 0.5) is 0 Å². The topological polar surface area (TPSA) is 35.3 Å². The fourth-order valence-corrected chi connectivity index (χ4v) is 0.566. The molecule has 0 bridgehead atoms. The largest absolute Gasteiger partial charge is 0.449 e. The Morgan fingerprint density at radius 3 is 3.22 bits per heavy atom. The second-order valence-corrected chi connectivity index (χ2v) is 1.67. The molecule has 0 N–H and O–H groups in total. The van der Waals surface area contributed by atoms with Gasteiger partial charge in [-0.25, -0.2) is 4.98 Å². The van der Waals surface area contributed by atoms with E-state index in [1.807, 2.05) is 0 Å². The lowest BCUT2D eigenvalue weighted by Gasteiger charge is -1.90. The van der Waals surface area contributed by atoms with E-state index >= 15 is 0 Å².